The van der Waals surface area contributed by atoms with Gasteiger partial charge in [-0.1, -0.05) is 13.3 Å². The molecule has 4 heteroatoms. The highest BCUT2D eigenvalue weighted by Crippen LogP contribution is 2.50. The van der Waals surface area contributed by atoms with E-state index in [0.717, 1.165) is 18.4 Å². The molecule has 1 aromatic heterocycles. The zero-order valence-electron chi connectivity index (χ0n) is 12.3. The van der Waals surface area contributed by atoms with Crippen molar-refractivity contribution in [2.24, 2.45) is 17.1 Å². The average Bonchev–Trinajstić information content (AvgIpc) is 3.05. The van der Waals surface area contributed by atoms with Crippen molar-refractivity contribution >= 4 is 0 Å². The molecule has 0 aliphatic heterocycles. The molecule has 0 bridgehead atoms. The van der Waals surface area contributed by atoms with Gasteiger partial charge in [0.25, 0.3) is 0 Å². The summed E-state index contributed by atoms with van der Waals surface area (Å²) in [6.45, 7) is 6.95. The van der Waals surface area contributed by atoms with Crippen molar-refractivity contribution in [1.29, 1.82) is 0 Å². The molecule has 19 heavy (non-hydrogen) atoms. The van der Waals surface area contributed by atoms with Crippen LogP contribution in [0.25, 0.3) is 0 Å². The van der Waals surface area contributed by atoms with E-state index in [4.69, 9.17) is 5.73 Å². The van der Waals surface area contributed by atoms with E-state index >= 15 is 0 Å². The van der Waals surface area contributed by atoms with Crippen LogP contribution in [0.1, 0.15) is 64.2 Å². The summed E-state index contributed by atoms with van der Waals surface area (Å²) in [7, 11) is 0. The van der Waals surface area contributed by atoms with Crippen molar-refractivity contribution in [2.75, 3.05) is 6.54 Å². The predicted molar refractivity (Wildman–Crippen MR) is 76.7 cm³/mol. The van der Waals surface area contributed by atoms with Gasteiger partial charge in [0.1, 0.15) is 0 Å². The summed E-state index contributed by atoms with van der Waals surface area (Å²) in [6.07, 6.45) is 7.70. The number of aliphatic hydroxyl groups is 1. The van der Waals surface area contributed by atoms with Crippen LogP contribution in [-0.4, -0.2) is 21.4 Å². The first-order valence-electron chi connectivity index (χ1n) is 7.44. The molecule has 1 aromatic rings. The molecule has 4 nitrogen and oxygen atoms in total. The van der Waals surface area contributed by atoms with Gasteiger partial charge in [0, 0.05) is 29.8 Å². The SMILES string of the molecule is CCC1CCC(CN)(C(O)c2cnn(C(C)C)c2)C1. The fourth-order valence-corrected chi connectivity index (χ4v) is 3.29. The van der Waals surface area contributed by atoms with Crippen LogP contribution in [0, 0.1) is 11.3 Å². The second-order valence-electron chi connectivity index (χ2n) is 6.33. The third-order valence-corrected chi connectivity index (χ3v) is 4.78. The van der Waals surface area contributed by atoms with E-state index in [2.05, 4.69) is 25.9 Å². The standard InChI is InChI=1S/C15H27N3O/c1-4-12-5-6-15(7-12,10-16)14(19)13-8-17-18(9-13)11(2)3/h8-9,11-12,14,19H,4-7,10,16H2,1-3H3. The molecule has 0 aromatic carbocycles. The lowest BCUT2D eigenvalue weighted by Crippen LogP contribution is -2.34. The third kappa shape index (κ3) is 2.70. The first-order valence-corrected chi connectivity index (χ1v) is 7.44. The second kappa shape index (κ2) is 5.63. The normalized spacial score (nSPS) is 29.1. The monoisotopic (exact) mass is 265 g/mol. The zero-order chi connectivity index (χ0) is 14.0. The Morgan fingerprint density at radius 3 is 2.79 bits per heavy atom. The van der Waals surface area contributed by atoms with Crippen LogP contribution in [0.15, 0.2) is 12.4 Å². The summed E-state index contributed by atoms with van der Waals surface area (Å²) in [4.78, 5) is 0. The smallest absolute Gasteiger partial charge is 0.0888 e. The van der Waals surface area contributed by atoms with E-state index in [-0.39, 0.29) is 5.41 Å². The fraction of sp³-hybridized carbons (Fsp3) is 0.800. The van der Waals surface area contributed by atoms with E-state index in [0.29, 0.717) is 18.5 Å². The van der Waals surface area contributed by atoms with Gasteiger partial charge >= 0.3 is 0 Å². The van der Waals surface area contributed by atoms with E-state index in [9.17, 15) is 5.11 Å². The van der Waals surface area contributed by atoms with E-state index in [1.54, 1.807) is 6.20 Å². The molecule has 3 N–H and O–H groups in total. The van der Waals surface area contributed by atoms with Gasteiger partial charge in [-0.3, -0.25) is 4.68 Å². The number of hydrogen-bond acceptors (Lipinski definition) is 3. The maximum Gasteiger partial charge on any atom is 0.0888 e. The Bertz CT molecular complexity index is 415. The first kappa shape index (κ1) is 14.5. The lowest BCUT2D eigenvalue weighted by Gasteiger charge is -2.33. The van der Waals surface area contributed by atoms with Gasteiger partial charge in [0.2, 0.25) is 0 Å². The van der Waals surface area contributed by atoms with E-state index in [1.165, 1.54) is 12.8 Å². The molecule has 3 atom stereocenters. The van der Waals surface area contributed by atoms with Crippen molar-refractivity contribution in [3.05, 3.63) is 18.0 Å². The summed E-state index contributed by atoms with van der Waals surface area (Å²) in [5.74, 6) is 0.707. The number of nitrogens with two attached hydrogens (primary N) is 1. The molecule has 0 saturated heterocycles. The molecule has 0 spiro atoms. The lowest BCUT2D eigenvalue weighted by atomic mass is 9.77. The van der Waals surface area contributed by atoms with Crippen LogP contribution in [0.2, 0.25) is 0 Å². The topological polar surface area (TPSA) is 64.1 Å². The molecule has 1 heterocycles. The van der Waals surface area contributed by atoms with Gasteiger partial charge in [0.15, 0.2) is 0 Å². The van der Waals surface area contributed by atoms with Gasteiger partial charge in [-0.05, 0) is 39.0 Å². The molecule has 0 amide bonds. The van der Waals surface area contributed by atoms with Crippen LogP contribution in [0.5, 0.6) is 0 Å². The number of nitrogens with zero attached hydrogens (tertiary/aromatic N) is 2. The number of hydrogen-bond donors (Lipinski definition) is 2. The molecule has 2 rings (SSSR count). The summed E-state index contributed by atoms with van der Waals surface area (Å²) >= 11 is 0. The lowest BCUT2D eigenvalue weighted by molar-refractivity contribution is 0.0300. The van der Waals surface area contributed by atoms with Crippen LogP contribution < -0.4 is 5.73 Å². The van der Waals surface area contributed by atoms with Crippen molar-refractivity contribution < 1.29 is 5.11 Å². The van der Waals surface area contributed by atoms with Crippen molar-refractivity contribution in [2.45, 2.75) is 58.6 Å². The second-order valence-corrected chi connectivity index (χ2v) is 6.33. The van der Waals surface area contributed by atoms with Gasteiger partial charge in [-0.2, -0.15) is 5.10 Å². The Labute approximate surface area is 116 Å². The van der Waals surface area contributed by atoms with Gasteiger partial charge in [-0.15, -0.1) is 0 Å². The van der Waals surface area contributed by atoms with Crippen LogP contribution in [-0.2, 0) is 0 Å². The fourth-order valence-electron chi connectivity index (χ4n) is 3.29. The Morgan fingerprint density at radius 2 is 2.32 bits per heavy atom. The van der Waals surface area contributed by atoms with Crippen LogP contribution in [0.4, 0.5) is 0 Å². The maximum absolute atomic E-state index is 10.7. The third-order valence-electron chi connectivity index (χ3n) is 4.78. The summed E-state index contributed by atoms with van der Waals surface area (Å²) in [5, 5.41) is 15.1. The number of rotatable bonds is 5. The highest BCUT2D eigenvalue weighted by Gasteiger charge is 2.44. The van der Waals surface area contributed by atoms with Crippen LogP contribution >= 0.6 is 0 Å². The Hall–Kier alpha value is -0.870. The molecule has 1 aliphatic carbocycles. The summed E-state index contributed by atoms with van der Waals surface area (Å²) in [6, 6.07) is 0.321. The minimum atomic E-state index is -0.485. The Morgan fingerprint density at radius 1 is 1.58 bits per heavy atom. The summed E-state index contributed by atoms with van der Waals surface area (Å²) in [5.41, 5.74) is 6.77. The number of aromatic nitrogens is 2. The molecular formula is C15H27N3O. The summed E-state index contributed by atoms with van der Waals surface area (Å²) < 4.78 is 1.90. The van der Waals surface area contributed by atoms with E-state index < -0.39 is 6.10 Å². The highest BCUT2D eigenvalue weighted by atomic mass is 16.3. The highest BCUT2D eigenvalue weighted by molar-refractivity contribution is 5.14. The van der Waals surface area contributed by atoms with Gasteiger partial charge in [-0.25, -0.2) is 0 Å². The van der Waals surface area contributed by atoms with Gasteiger partial charge < -0.3 is 10.8 Å². The van der Waals surface area contributed by atoms with Gasteiger partial charge in [0.05, 0.1) is 12.3 Å². The molecular weight excluding hydrogens is 238 g/mol. The quantitative estimate of drug-likeness (QED) is 0.860. The maximum atomic E-state index is 10.7. The first-order chi connectivity index (χ1) is 9.02. The van der Waals surface area contributed by atoms with Crippen molar-refractivity contribution in [1.82, 2.24) is 9.78 Å². The Balaban J connectivity index is 2.18. The minimum Gasteiger partial charge on any atom is -0.388 e. The van der Waals surface area contributed by atoms with Crippen molar-refractivity contribution in [3.8, 4) is 0 Å². The largest absolute Gasteiger partial charge is 0.388 e. The molecule has 1 saturated carbocycles. The molecule has 1 fully saturated rings. The molecule has 1 aliphatic rings. The Kier molecular flexibility index (Phi) is 4.31. The molecule has 3 unspecified atom stereocenters. The zero-order valence-corrected chi connectivity index (χ0v) is 12.3. The molecule has 0 radical (unpaired) electrons. The molecule has 108 valence electrons. The van der Waals surface area contributed by atoms with Crippen molar-refractivity contribution in [3.63, 3.8) is 0 Å². The average molecular weight is 265 g/mol. The van der Waals surface area contributed by atoms with E-state index in [1.807, 2.05) is 10.9 Å². The number of aliphatic hydroxyl groups excluding tert-OH is 1. The predicted octanol–water partition coefficient (Wildman–Crippen LogP) is 2.65. The van der Waals surface area contributed by atoms with Crippen LogP contribution in [0.3, 0.4) is 0 Å². The minimum absolute atomic E-state index is 0.147.